The van der Waals surface area contributed by atoms with Crippen molar-refractivity contribution in [3.8, 4) is 0 Å². The van der Waals surface area contributed by atoms with Crippen LogP contribution in [-0.4, -0.2) is 47.5 Å². The van der Waals surface area contributed by atoms with E-state index in [1.807, 2.05) is 0 Å². The molecule has 35 heavy (non-hydrogen) atoms. The highest BCUT2D eigenvalue weighted by Crippen LogP contribution is 2.34. The average molecular weight is 511 g/mol. The number of carbonyl (C=O) groups is 1. The summed E-state index contributed by atoms with van der Waals surface area (Å²) >= 11 is 1.15. The maximum Gasteiger partial charge on any atom is 0.416 e. The third-order valence-corrected chi connectivity index (χ3v) is 6.59. The van der Waals surface area contributed by atoms with Crippen LogP contribution in [0.1, 0.15) is 62.3 Å². The number of nitrogens with zero attached hydrogens (tertiary/aromatic N) is 1. The summed E-state index contributed by atoms with van der Waals surface area (Å²) in [5.41, 5.74) is 2.01. The number of aldehydes is 1. The highest BCUT2D eigenvalue weighted by Gasteiger charge is 2.31. The third-order valence-electron chi connectivity index (χ3n) is 5.68. The molecule has 1 unspecified atom stereocenters. The summed E-state index contributed by atoms with van der Waals surface area (Å²) in [6, 6.07) is 12.4. The van der Waals surface area contributed by atoms with E-state index in [0.717, 1.165) is 30.5 Å². The molecular weight excluding hydrogens is 473 g/mol. The summed E-state index contributed by atoms with van der Waals surface area (Å²) < 4.78 is 41.6. The van der Waals surface area contributed by atoms with E-state index in [2.05, 4.69) is 57.3 Å². The molecule has 1 atom stereocenters. The fourth-order valence-electron chi connectivity index (χ4n) is 3.81. The summed E-state index contributed by atoms with van der Waals surface area (Å²) in [6.45, 7) is 9.12. The zero-order valence-electron chi connectivity index (χ0n) is 21.2. The van der Waals surface area contributed by atoms with Gasteiger partial charge in [0.15, 0.2) is 0 Å². The van der Waals surface area contributed by atoms with E-state index in [-0.39, 0.29) is 24.9 Å². The topological polar surface area (TPSA) is 52.6 Å². The first-order valence-corrected chi connectivity index (χ1v) is 12.6. The van der Waals surface area contributed by atoms with Crippen LogP contribution in [-0.2, 0) is 23.8 Å². The molecule has 0 aromatic heterocycles. The van der Waals surface area contributed by atoms with E-state index in [4.69, 9.17) is 0 Å². The van der Waals surface area contributed by atoms with Crippen molar-refractivity contribution in [3.05, 3.63) is 64.7 Å². The fourth-order valence-corrected chi connectivity index (χ4v) is 4.80. The van der Waals surface area contributed by atoms with Gasteiger partial charge in [0.1, 0.15) is 6.29 Å². The molecule has 0 aliphatic rings. The first-order valence-electron chi connectivity index (χ1n) is 11.8. The lowest BCUT2D eigenvalue weighted by Gasteiger charge is -2.29. The number of hydrogen-bond acceptors (Lipinski definition) is 5. The molecule has 0 saturated heterocycles. The van der Waals surface area contributed by atoms with Crippen molar-refractivity contribution in [3.63, 3.8) is 0 Å². The van der Waals surface area contributed by atoms with Crippen LogP contribution < -0.4 is 5.32 Å². The van der Waals surface area contributed by atoms with Crippen molar-refractivity contribution >= 4 is 18.2 Å². The van der Waals surface area contributed by atoms with Crippen LogP contribution >= 0.6 is 11.9 Å². The quantitative estimate of drug-likeness (QED) is 0.261. The first kappa shape index (κ1) is 29.4. The van der Waals surface area contributed by atoms with Gasteiger partial charge in [0.25, 0.3) is 0 Å². The van der Waals surface area contributed by atoms with Crippen molar-refractivity contribution in [1.82, 2.24) is 9.62 Å². The maximum absolute atomic E-state index is 13.3. The average Bonchev–Trinajstić information content (AvgIpc) is 2.75. The molecule has 0 spiro atoms. The van der Waals surface area contributed by atoms with Gasteiger partial charge in [-0.05, 0) is 86.5 Å². The van der Waals surface area contributed by atoms with Gasteiger partial charge in [0.2, 0.25) is 0 Å². The normalized spacial score (nSPS) is 13.5. The number of rotatable bonds is 13. The summed E-state index contributed by atoms with van der Waals surface area (Å²) in [6.07, 6.45) is -3.23. The Bertz CT molecular complexity index is 946. The number of nitrogens with one attached hydrogen (secondary N) is 1. The Morgan fingerprint density at radius 3 is 2.31 bits per heavy atom. The molecule has 194 valence electrons. The van der Waals surface area contributed by atoms with Gasteiger partial charge in [-0.15, -0.1) is 0 Å². The summed E-state index contributed by atoms with van der Waals surface area (Å²) in [4.78, 5) is 11.1. The molecule has 2 aromatic carbocycles. The van der Waals surface area contributed by atoms with Crippen molar-refractivity contribution in [2.45, 2.75) is 75.6 Å². The molecule has 0 bridgehead atoms. The summed E-state index contributed by atoms with van der Waals surface area (Å²) in [5, 5.41) is 14.0. The van der Waals surface area contributed by atoms with E-state index in [1.165, 1.54) is 11.1 Å². The van der Waals surface area contributed by atoms with Crippen molar-refractivity contribution in [2.24, 2.45) is 0 Å². The smallest absolute Gasteiger partial charge is 0.390 e. The van der Waals surface area contributed by atoms with Crippen LogP contribution in [0.5, 0.6) is 0 Å². The van der Waals surface area contributed by atoms with Gasteiger partial charge in [-0.3, -0.25) is 0 Å². The minimum absolute atomic E-state index is 0.170. The van der Waals surface area contributed by atoms with Crippen LogP contribution in [0.25, 0.3) is 0 Å². The van der Waals surface area contributed by atoms with Crippen LogP contribution in [0.4, 0.5) is 13.2 Å². The molecule has 0 aliphatic carbocycles. The number of aliphatic hydroxyl groups is 1. The van der Waals surface area contributed by atoms with E-state index < -0.39 is 17.8 Å². The van der Waals surface area contributed by atoms with Gasteiger partial charge in [-0.1, -0.05) is 38.1 Å². The largest absolute Gasteiger partial charge is 0.416 e. The Labute approximate surface area is 211 Å². The Morgan fingerprint density at radius 1 is 1.09 bits per heavy atom. The number of halogens is 3. The SMILES string of the molecule is CC(C)c1ccc(CC(C)(C)NCC(O)CN(C)Sc2cc(CCC=O)cc(C(F)(F)F)c2)cc1. The lowest BCUT2D eigenvalue weighted by atomic mass is 9.93. The number of likely N-dealkylation sites (N-methyl/N-ethyl adjacent to an activating group) is 1. The van der Waals surface area contributed by atoms with E-state index >= 15 is 0 Å². The van der Waals surface area contributed by atoms with Crippen LogP contribution in [0.15, 0.2) is 47.4 Å². The van der Waals surface area contributed by atoms with Crippen LogP contribution in [0.3, 0.4) is 0 Å². The van der Waals surface area contributed by atoms with E-state index in [1.54, 1.807) is 17.4 Å². The molecular formula is C27H37F3N2O2S. The number of aliphatic hydroxyl groups excluding tert-OH is 1. The molecule has 4 nitrogen and oxygen atoms in total. The van der Waals surface area contributed by atoms with Crippen molar-refractivity contribution in [1.29, 1.82) is 0 Å². The molecule has 2 N–H and O–H groups in total. The minimum Gasteiger partial charge on any atom is -0.390 e. The minimum atomic E-state index is -4.46. The number of benzene rings is 2. The Hall–Kier alpha value is -1.87. The zero-order chi connectivity index (χ0) is 26.2. The molecule has 0 fully saturated rings. The highest BCUT2D eigenvalue weighted by atomic mass is 32.2. The van der Waals surface area contributed by atoms with Gasteiger partial charge in [0.05, 0.1) is 11.7 Å². The number of β-amino-alcohol motifs (C(OH)–C–C–N with tert-alkyl or cyclic N) is 1. The molecule has 0 saturated carbocycles. The lowest BCUT2D eigenvalue weighted by Crippen LogP contribution is -2.46. The molecule has 0 aliphatic heterocycles. The molecule has 0 heterocycles. The molecule has 8 heteroatoms. The monoisotopic (exact) mass is 510 g/mol. The maximum atomic E-state index is 13.3. The van der Waals surface area contributed by atoms with Gasteiger partial charge < -0.3 is 15.2 Å². The Kier molecular flexibility index (Phi) is 10.8. The number of hydrogen-bond donors (Lipinski definition) is 2. The Balaban J connectivity index is 1.92. The van der Waals surface area contributed by atoms with Crippen molar-refractivity contribution in [2.75, 3.05) is 20.1 Å². The van der Waals surface area contributed by atoms with Gasteiger partial charge in [-0.2, -0.15) is 13.2 Å². The second-order valence-electron chi connectivity index (χ2n) is 9.96. The second kappa shape index (κ2) is 12.9. The predicted octanol–water partition coefficient (Wildman–Crippen LogP) is 5.87. The van der Waals surface area contributed by atoms with Gasteiger partial charge >= 0.3 is 6.18 Å². The number of aryl methyl sites for hydroxylation is 1. The molecule has 2 rings (SSSR count). The summed E-state index contributed by atoms with van der Waals surface area (Å²) in [7, 11) is 1.74. The van der Waals surface area contributed by atoms with Crippen molar-refractivity contribution < 1.29 is 23.1 Å². The van der Waals surface area contributed by atoms with Gasteiger partial charge in [0, 0.05) is 29.9 Å². The van der Waals surface area contributed by atoms with Gasteiger partial charge in [-0.25, -0.2) is 4.31 Å². The van der Waals surface area contributed by atoms with E-state index in [9.17, 15) is 23.1 Å². The predicted molar refractivity (Wildman–Crippen MR) is 137 cm³/mol. The third kappa shape index (κ3) is 10.3. The number of carbonyl (C=O) groups excluding carboxylic acids is 1. The van der Waals surface area contributed by atoms with E-state index in [0.29, 0.717) is 29.2 Å². The molecule has 2 aromatic rings. The van der Waals surface area contributed by atoms with Crippen LogP contribution in [0, 0.1) is 0 Å². The molecule has 0 radical (unpaired) electrons. The fraction of sp³-hybridized carbons (Fsp3) is 0.519. The standard InChI is InChI=1S/C27H37F3N2O2S/c1-19(2)22-10-8-20(9-11-22)16-26(3,4)31-17-24(34)18-32(5)35-25-14-21(7-6-12-33)13-23(15-25)27(28,29)30/h8-15,19,24,31,34H,6-7,16-18H2,1-5H3. The summed E-state index contributed by atoms with van der Waals surface area (Å²) in [5.74, 6) is 0.485. The second-order valence-corrected chi connectivity index (χ2v) is 11.2. The lowest BCUT2D eigenvalue weighted by molar-refractivity contribution is -0.137. The first-order chi connectivity index (χ1) is 16.3. The van der Waals surface area contributed by atoms with Crippen LogP contribution in [0.2, 0.25) is 0 Å². The Morgan fingerprint density at radius 2 is 1.74 bits per heavy atom. The highest BCUT2D eigenvalue weighted by molar-refractivity contribution is 7.97. The number of alkyl halides is 3. The molecule has 0 amide bonds. The zero-order valence-corrected chi connectivity index (χ0v) is 22.0.